The lowest BCUT2D eigenvalue weighted by molar-refractivity contribution is -0.192. The van der Waals surface area contributed by atoms with E-state index in [2.05, 4.69) is 11.2 Å². The maximum atomic E-state index is 12.8. The number of ether oxygens (including phenoxy) is 1. The lowest BCUT2D eigenvalue weighted by atomic mass is 9.75. The Balaban J connectivity index is 2.90. The minimum Gasteiger partial charge on any atom is -0.465 e. The van der Waals surface area contributed by atoms with Gasteiger partial charge < -0.3 is 4.74 Å². The highest BCUT2D eigenvalue weighted by Crippen LogP contribution is 2.42. The molecule has 1 saturated carbocycles. The maximum Gasteiger partial charge on any atom is 0.391 e. The van der Waals surface area contributed by atoms with Crippen LogP contribution in [0.4, 0.5) is 13.2 Å². The first-order chi connectivity index (χ1) is 8.85. The van der Waals surface area contributed by atoms with E-state index in [1.165, 1.54) is 0 Å². The summed E-state index contributed by atoms with van der Waals surface area (Å²) in [5, 5.41) is 2.76. The van der Waals surface area contributed by atoms with Crippen molar-refractivity contribution < 1.29 is 22.7 Å². The van der Waals surface area contributed by atoms with Gasteiger partial charge in [-0.2, -0.15) is 13.2 Å². The number of rotatable bonds is 4. The van der Waals surface area contributed by atoms with Gasteiger partial charge in [0.05, 0.1) is 19.1 Å². The highest BCUT2D eigenvalue weighted by Gasteiger charge is 2.51. The van der Waals surface area contributed by atoms with Gasteiger partial charge in [-0.3, -0.25) is 10.1 Å². The van der Waals surface area contributed by atoms with Gasteiger partial charge in [0, 0.05) is 0 Å². The van der Waals surface area contributed by atoms with E-state index < -0.39 is 23.6 Å². The molecule has 6 heteroatoms. The van der Waals surface area contributed by atoms with Crippen molar-refractivity contribution in [3.63, 3.8) is 0 Å². The summed E-state index contributed by atoms with van der Waals surface area (Å²) < 4.78 is 43.4. The number of hydrogen-bond donors (Lipinski definition) is 1. The van der Waals surface area contributed by atoms with E-state index in [-0.39, 0.29) is 26.0 Å². The minimum atomic E-state index is -4.30. The fraction of sp³-hybridized carbons (Fsp3) is 0.769. The molecule has 0 heterocycles. The second kappa shape index (κ2) is 6.29. The summed E-state index contributed by atoms with van der Waals surface area (Å²) >= 11 is 0. The highest BCUT2D eigenvalue weighted by molar-refractivity contribution is 5.81. The van der Waals surface area contributed by atoms with Crippen LogP contribution in [0.5, 0.6) is 0 Å². The van der Waals surface area contributed by atoms with Gasteiger partial charge in [-0.15, -0.1) is 6.42 Å². The van der Waals surface area contributed by atoms with E-state index in [1.54, 1.807) is 6.92 Å². The molecule has 0 aliphatic heterocycles. The Kier molecular flexibility index (Phi) is 5.24. The molecule has 0 amide bonds. The molecule has 1 N–H and O–H groups in total. The summed E-state index contributed by atoms with van der Waals surface area (Å²) in [5.41, 5.74) is -1.30. The van der Waals surface area contributed by atoms with E-state index in [0.29, 0.717) is 12.8 Å². The standard InChI is InChI=1S/C13H18F3NO2/c1-3-8-17-12(11(18)19-4-2)7-5-6-10(9-12)13(14,15)16/h1,10,17H,4-9H2,2H3. The molecular formula is C13H18F3NO2. The zero-order valence-electron chi connectivity index (χ0n) is 10.8. The molecule has 1 rings (SSSR count). The van der Waals surface area contributed by atoms with Gasteiger partial charge in [-0.05, 0) is 26.2 Å². The topological polar surface area (TPSA) is 38.3 Å². The van der Waals surface area contributed by atoms with Crippen molar-refractivity contribution in [3.05, 3.63) is 0 Å². The molecule has 2 unspecified atom stereocenters. The van der Waals surface area contributed by atoms with Crippen LogP contribution in [0.15, 0.2) is 0 Å². The van der Waals surface area contributed by atoms with Crippen LogP contribution < -0.4 is 5.32 Å². The quantitative estimate of drug-likeness (QED) is 0.633. The molecule has 108 valence electrons. The number of carbonyl (C=O) groups excluding carboxylic acids is 1. The first-order valence-electron chi connectivity index (χ1n) is 6.28. The van der Waals surface area contributed by atoms with E-state index in [9.17, 15) is 18.0 Å². The van der Waals surface area contributed by atoms with Crippen LogP contribution >= 0.6 is 0 Å². The molecule has 2 atom stereocenters. The van der Waals surface area contributed by atoms with Crippen molar-refractivity contribution in [2.45, 2.75) is 44.3 Å². The Bertz CT molecular complexity index is 362. The normalized spacial score (nSPS) is 27.6. The van der Waals surface area contributed by atoms with E-state index in [0.717, 1.165) is 0 Å². The Hall–Kier alpha value is -1.22. The van der Waals surface area contributed by atoms with Crippen molar-refractivity contribution in [1.29, 1.82) is 0 Å². The van der Waals surface area contributed by atoms with Gasteiger partial charge in [0.15, 0.2) is 0 Å². The van der Waals surface area contributed by atoms with Crippen LogP contribution in [-0.2, 0) is 9.53 Å². The second-order valence-corrected chi connectivity index (χ2v) is 4.70. The zero-order valence-corrected chi connectivity index (χ0v) is 10.8. The molecule has 1 aliphatic carbocycles. The molecule has 0 spiro atoms. The van der Waals surface area contributed by atoms with Gasteiger partial charge >= 0.3 is 12.1 Å². The average molecular weight is 277 g/mol. The van der Waals surface area contributed by atoms with E-state index in [1.807, 2.05) is 0 Å². The fourth-order valence-electron chi connectivity index (χ4n) is 2.46. The largest absolute Gasteiger partial charge is 0.465 e. The number of nitrogens with one attached hydrogen (secondary N) is 1. The monoisotopic (exact) mass is 277 g/mol. The molecule has 1 fully saturated rings. The lowest BCUT2D eigenvalue weighted by Crippen LogP contribution is -2.57. The van der Waals surface area contributed by atoms with Crippen molar-refractivity contribution >= 4 is 5.97 Å². The van der Waals surface area contributed by atoms with Gasteiger partial charge in [-0.1, -0.05) is 12.3 Å². The van der Waals surface area contributed by atoms with E-state index >= 15 is 0 Å². The van der Waals surface area contributed by atoms with Crippen LogP contribution in [0.1, 0.15) is 32.6 Å². The van der Waals surface area contributed by atoms with Crippen LogP contribution in [0.25, 0.3) is 0 Å². The number of terminal acetylenes is 1. The summed E-state index contributed by atoms with van der Waals surface area (Å²) in [6.07, 6.45) is 1.19. The molecule has 0 bridgehead atoms. The zero-order chi connectivity index (χ0) is 14.5. The molecule has 0 aromatic heterocycles. The summed E-state index contributed by atoms with van der Waals surface area (Å²) in [5.74, 6) is 0.161. The Morgan fingerprint density at radius 2 is 2.26 bits per heavy atom. The van der Waals surface area contributed by atoms with Gasteiger partial charge in [0.2, 0.25) is 0 Å². The molecule has 0 aromatic carbocycles. The molecular weight excluding hydrogens is 259 g/mol. The van der Waals surface area contributed by atoms with Crippen LogP contribution in [0.2, 0.25) is 0 Å². The van der Waals surface area contributed by atoms with Crippen LogP contribution in [-0.4, -0.2) is 30.8 Å². The SMILES string of the molecule is C#CCNC1(C(=O)OCC)CCCC(C(F)(F)F)C1. The Morgan fingerprint density at radius 1 is 1.58 bits per heavy atom. The smallest absolute Gasteiger partial charge is 0.391 e. The highest BCUT2D eigenvalue weighted by atomic mass is 19.4. The third-order valence-corrected chi connectivity index (χ3v) is 3.41. The molecule has 0 aromatic rings. The third kappa shape index (κ3) is 3.87. The Morgan fingerprint density at radius 3 is 2.79 bits per heavy atom. The number of halogens is 3. The van der Waals surface area contributed by atoms with Crippen LogP contribution in [0, 0.1) is 18.3 Å². The minimum absolute atomic E-state index is 0.0440. The first-order valence-corrected chi connectivity index (χ1v) is 6.28. The van der Waals surface area contributed by atoms with E-state index in [4.69, 9.17) is 11.2 Å². The molecule has 19 heavy (non-hydrogen) atoms. The predicted octanol–water partition coefficient (Wildman–Crippen LogP) is 2.26. The summed E-state index contributed by atoms with van der Waals surface area (Å²) in [4.78, 5) is 12.0. The van der Waals surface area contributed by atoms with Crippen LogP contribution in [0.3, 0.4) is 0 Å². The van der Waals surface area contributed by atoms with Crippen molar-refractivity contribution in [1.82, 2.24) is 5.32 Å². The Labute approximate surface area is 110 Å². The molecule has 0 saturated heterocycles. The van der Waals surface area contributed by atoms with Crippen molar-refractivity contribution in [2.24, 2.45) is 5.92 Å². The first kappa shape index (κ1) is 15.8. The average Bonchev–Trinajstić information content (AvgIpc) is 2.36. The number of hydrogen-bond acceptors (Lipinski definition) is 3. The summed E-state index contributed by atoms with van der Waals surface area (Å²) in [6.45, 7) is 1.80. The molecule has 1 aliphatic rings. The predicted molar refractivity (Wildman–Crippen MR) is 64.2 cm³/mol. The van der Waals surface area contributed by atoms with Crippen molar-refractivity contribution in [2.75, 3.05) is 13.2 Å². The number of alkyl halides is 3. The summed E-state index contributed by atoms with van der Waals surface area (Å²) in [6, 6.07) is 0. The fourth-order valence-corrected chi connectivity index (χ4v) is 2.46. The molecule has 0 radical (unpaired) electrons. The summed E-state index contributed by atoms with van der Waals surface area (Å²) in [7, 11) is 0. The maximum absolute atomic E-state index is 12.8. The molecule has 3 nitrogen and oxygen atoms in total. The van der Waals surface area contributed by atoms with Gasteiger partial charge in [0.1, 0.15) is 5.54 Å². The van der Waals surface area contributed by atoms with Crippen molar-refractivity contribution in [3.8, 4) is 12.3 Å². The number of esters is 1. The lowest BCUT2D eigenvalue weighted by Gasteiger charge is -2.39. The van der Waals surface area contributed by atoms with Gasteiger partial charge in [0.25, 0.3) is 0 Å². The second-order valence-electron chi connectivity index (χ2n) is 4.70. The van der Waals surface area contributed by atoms with Gasteiger partial charge in [-0.25, -0.2) is 0 Å². The number of carbonyl (C=O) groups is 1. The third-order valence-electron chi connectivity index (χ3n) is 3.41.